The van der Waals surface area contributed by atoms with Crippen LogP contribution in [0.2, 0.25) is 0 Å². The van der Waals surface area contributed by atoms with Crippen LogP contribution in [0.5, 0.6) is 0 Å². The molecule has 1 aliphatic heterocycles. The molecule has 1 rings (SSSR count). The van der Waals surface area contributed by atoms with Crippen LogP contribution in [0.25, 0.3) is 0 Å². The van der Waals surface area contributed by atoms with E-state index in [1.54, 1.807) is 32.5 Å². The van der Waals surface area contributed by atoms with E-state index < -0.39 is 23.7 Å². The first-order valence-corrected chi connectivity index (χ1v) is 7.74. The number of aliphatic carboxylic acids is 1. The Morgan fingerprint density at radius 3 is 2.50 bits per heavy atom. The van der Waals surface area contributed by atoms with Crippen LogP contribution < -0.4 is 5.32 Å². The van der Waals surface area contributed by atoms with Crippen LogP contribution in [0.4, 0.5) is 4.79 Å². The van der Waals surface area contributed by atoms with Crippen molar-refractivity contribution in [2.24, 2.45) is 0 Å². The van der Waals surface area contributed by atoms with Crippen LogP contribution in [0.3, 0.4) is 0 Å². The Kier molecular flexibility index (Phi) is 6.61. The second kappa shape index (κ2) is 7.73. The lowest BCUT2D eigenvalue weighted by Gasteiger charge is -2.24. The number of amides is 1. The molecule has 0 spiro atoms. The first-order chi connectivity index (χ1) is 9.28. The highest BCUT2D eigenvalue weighted by Gasteiger charge is 2.25. The molecule has 0 aromatic carbocycles. The third kappa shape index (κ3) is 7.00. The first-order valence-electron chi connectivity index (χ1n) is 6.69. The van der Waals surface area contributed by atoms with E-state index in [0.717, 1.165) is 26.1 Å². The van der Waals surface area contributed by atoms with Gasteiger partial charge in [-0.15, -0.1) is 0 Å². The second-order valence-corrected chi connectivity index (χ2v) is 7.02. The molecule has 1 fully saturated rings. The molecule has 7 heteroatoms. The van der Waals surface area contributed by atoms with Gasteiger partial charge in [-0.1, -0.05) is 0 Å². The molecule has 20 heavy (non-hydrogen) atoms. The van der Waals surface area contributed by atoms with Gasteiger partial charge in [0.15, 0.2) is 0 Å². The Labute approximate surface area is 123 Å². The molecule has 1 aliphatic rings. The number of carboxylic acids is 1. The number of carbonyl (C=O) groups is 2. The molecule has 0 saturated carbocycles. The standard InChI is InChI=1S/C13H23NO5S/c1-13(2,3)19-12(17)14-10(11(15)16)8-20-9-4-6-18-7-5-9/h9-10H,4-8H2,1-3H3,(H,14,17)(H,15,16). The molecule has 1 unspecified atom stereocenters. The van der Waals surface area contributed by atoms with Crippen molar-refractivity contribution < 1.29 is 24.2 Å². The molecule has 0 bridgehead atoms. The van der Waals surface area contributed by atoms with Crippen LogP contribution in [0, 0.1) is 0 Å². The van der Waals surface area contributed by atoms with Crippen LogP contribution in [0.15, 0.2) is 0 Å². The van der Waals surface area contributed by atoms with E-state index in [4.69, 9.17) is 14.6 Å². The van der Waals surface area contributed by atoms with Gasteiger partial charge in [-0.05, 0) is 33.6 Å². The van der Waals surface area contributed by atoms with E-state index >= 15 is 0 Å². The zero-order valence-corrected chi connectivity index (χ0v) is 13.0. The number of alkyl carbamates (subject to hydrolysis) is 1. The topological polar surface area (TPSA) is 84.9 Å². The summed E-state index contributed by atoms with van der Waals surface area (Å²) in [6.45, 7) is 6.64. The fourth-order valence-electron chi connectivity index (χ4n) is 1.70. The van der Waals surface area contributed by atoms with Gasteiger partial charge in [0.25, 0.3) is 0 Å². The number of carboxylic acid groups (broad SMARTS) is 1. The number of thioether (sulfide) groups is 1. The Hall–Kier alpha value is -0.950. The summed E-state index contributed by atoms with van der Waals surface area (Å²) in [5, 5.41) is 11.9. The maximum atomic E-state index is 11.6. The maximum absolute atomic E-state index is 11.6. The SMILES string of the molecule is CC(C)(C)OC(=O)NC(CSC1CCOCC1)C(=O)O. The van der Waals surface area contributed by atoms with Gasteiger partial charge in [0, 0.05) is 24.2 Å². The molecule has 1 heterocycles. The summed E-state index contributed by atoms with van der Waals surface area (Å²) < 4.78 is 10.3. The van der Waals surface area contributed by atoms with E-state index in [-0.39, 0.29) is 0 Å². The van der Waals surface area contributed by atoms with Gasteiger partial charge in [-0.25, -0.2) is 9.59 Å². The number of hydrogen-bond acceptors (Lipinski definition) is 5. The molecule has 1 saturated heterocycles. The van der Waals surface area contributed by atoms with Crippen molar-refractivity contribution in [2.75, 3.05) is 19.0 Å². The number of hydrogen-bond donors (Lipinski definition) is 2. The molecule has 0 aliphatic carbocycles. The lowest BCUT2D eigenvalue weighted by atomic mass is 10.2. The van der Waals surface area contributed by atoms with Crippen LogP contribution in [-0.2, 0) is 14.3 Å². The molecule has 2 N–H and O–H groups in total. The molecule has 0 aromatic rings. The summed E-state index contributed by atoms with van der Waals surface area (Å²) >= 11 is 1.56. The van der Waals surface area contributed by atoms with Crippen molar-refractivity contribution in [1.82, 2.24) is 5.32 Å². The summed E-state index contributed by atoms with van der Waals surface area (Å²) in [4.78, 5) is 22.8. The van der Waals surface area contributed by atoms with Gasteiger partial charge in [-0.2, -0.15) is 11.8 Å². The summed E-state index contributed by atoms with van der Waals surface area (Å²) in [5.41, 5.74) is -0.638. The number of ether oxygens (including phenoxy) is 2. The molecular weight excluding hydrogens is 282 g/mol. The molecule has 1 atom stereocenters. The number of rotatable bonds is 5. The summed E-state index contributed by atoms with van der Waals surface area (Å²) in [7, 11) is 0. The van der Waals surface area contributed by atoms with Gasteiger partial charge in [0.2, 0.25) is 0 Å². The highest BCUT2D eigenvalue weighted by molar-refractivity contribution is 8.00. The first kappa shape index (κ1) is 17.1. The monoisotopic (exact) mass is 305 g/mol. The Bertz CT molecular complexity index is 336. The van der Waals surface area contributed by atoms with Crippen molar-refractivity contribution in [1.29, 1.82) is 0 Å². The van der Waals surface area contributed by atoms with Gasteiger partial charge >= 0.3 is 12.1 Å². The average molecular weight is 305 g/mol. The van der Waals surface area contributed by atoms with E-state index in [2.05, 4.69) is 5.32 Å². The van der Waals surface area contributed by atoms with Gasteiger partial charge in [0.05, 0.1) is 0 Å². The third-order valence-electron chi connectivity index (χ3n) is 2.66. The van der Waals surface area contributed by atoms with E-state index in [9.17, 15) is 9.59 Å². The Morgan fingerprint density at radius 1 is 1.40 bits per heavy atom. The molecular formula is C13H23NO5S. The highest BCUT2D eigenvalue weighted by Crippen LogP contribution is 2.22. The highest BCUT2D eigenvalue weighted by atomic mass is 32.2. The molecule has 0 radical (unpaired) electrons. The predicted molar refractivity (Wildman–Crippen MR) is 77.1 cm³/mol. The summed E-state index contributed by atoms with van der Waals surface area (Å²) in [6, 6.07) is -0.933. The zero-order valence-electron chi connectivity index (χ0n) is 12.2. The third-order valence-corrected chi connectivity index (χ3v) is 4.12. The minimum absolute atomic E-state index is 0.333. The molecule has 1 amide bonds. The normalized spacial score (nSPS) is 18.4. The second-order valence-electron chi connectivity index (χ2n) is 5.68. The van der Waals surface area contributed by atoms with E-state index in [1.165, 1.54) is 0 Å². The smallest absolute Gasteiger partial charge is 0.408 e. The van der Waals surface area contributed by atoms with Gasteiger partial charge in [-0.3, -0.25) is 0 Å². The summed E-state index contributed by atoms with van der Waals surface area (Å²) in [5.74, 6) is -0.713. The fraction of sp³-hybridized carbons (Fsp3) is 0.846. The van der Waals surface area contributed by atoms with E-state index in [0.29, 0.717) is 11.0 Å². The summed E-state index contributed by atoms with van der Waals surface area (Å²) in [6.07, 6.45) is 1.14. The average Bonchev–Trinajstić information content (AvgIpc) is 2.33. The maximum Gasteiger partial charge on any atom is 0.408 e. The van der Waals surface area contributed by atoms with Crippen molar-refractivity contribution in [3.8, 4) is 0 Å². The van der Waals surface area contributed by atoms with Crippen LogP contribution in [-0.4, -0.2) is 53.0 Å². The predicted octanol–water partition coefficient (Wildman–Crippen LogP) is 1.88. The van der Waals surface area contributed by atoms with Gasteiger partial charge < -0.3 is 19.9 Å². The zero-order chi connectivity index (χ0) is 15.2. The van der Waals surface area contributed by atoms with Crippen molar-refractivity contribution in [2.45, 2.75) is 50.5 Å². The minimum atomic E-state index is -1.05. The number of carbonyl (C=O) groups excluding carboxylic acids is 1. The lowest BCUT2D eigenvalue weighted by molar-refractivity contribution is -0.138. The van der Waals surface area contributed by atoms with Crippen LogP contribution >= 0.6 is 11.8 Å². The van der Waals surface area contributed by atoms with E-state index in [1.807, 2.05) is 0 Å². The van der Waals surface area contributed by atoms with Crippen LogP contribution in [0.1, 0.15) is 33.6 Å². The molecule has 0 aromatic heterocycles. The largest absolute Gasteiger partial charge is 0.480 e. The van der Waals surface area contributed by atoms with Crippen molar-refractivity contribution >= 4 is 23.8 Å². The number of nitrogens with one attached hydrogen (secondary N) is 1. The minimum Gasteiger partial charge on any atom is -0.480 e. The Balaban J connectivity index is 2.39. The van der Waals surface area contributed by atoms with Crippen molar-refractivity contribution in [3.63, 3.8) is 0 Å². The fourth-order valence-corrected chi connectivity index (χ4v) is 2.92. The van der Waals surface area contributed by atoms with Gasteiger partial charge in [0.1, 0.15) is 11.6 Å². The van der Waals surface area contributed by atoms with Crippen molar-refractivity contribution in [3.05, 3.63) is 0 Å². The quantitative estimate of drug-likeness (QED) is 0.806. The molecule has 6 nitrogen and oxygen atoms in total. The lowest BCUT2D eigenvalue weighted by Crippen LogP contribution is -2.45. The Morgan fingerprint density at radius 2 is 2.00 bits per heavy atom. The molecule has 116 valence electrons.